The molecule has 0 amide bonds. The largest absolute Gasteiger partial charge is 0.310 e. The van der Waals surface area contributed by atoms with E-state index in [9.17, 15) is 0 Å². The summed E-state index contributed by atoms with van der Waals surface area (Å²) in [4.78, 5) is 2.58. The molecule has 0 saturated heterocycles. The Morgan fingerprint density at radius 3 is 1.73 bits per heavy atom. The van der Waals surface area contributed by atoms with Gasteiger partial charge in [0.15, 0.2) is 0 Å². The highest BCUT2D eigenvalue weighted by atomic mass is 15.2. The monoisotopic (exact) mass is 768 g/mol. The SMILES string of the molecule is CC1(C)c2ccccc2-c2c(N(c3ccc4cc(-n5c6ccccc6c6ccccc65)cc(-c5ccccc5)c4c3)c3cccc4c3C(C)(C)c3ccccc3-4)cccc21. The molecule has 2 heteroatoms. The summed E-state index contributed by atoms with van der Waals surface area (Å²) >= 11 is 0. The lowest BCUT2D eigenvalue weighted by molar-refractivity contribution is 0.659. The summed E-state index contributed by atoms with van der Waals surface area (Å²) in [6, 6.07) is 72.4. The molecule has 286 valence electrons. The Kier molecular flexibility index (Phi) is 7.36. The van der Waals surface area contributed by atoms with E-state index in [0.29, 0.717) is 0 Å². The molecule has 0 N–H and O–H groups in total. The Balaban J connectivity index is 1.16. The second kappa shape index (κ2) is 12.7. The summed E-state index contributed by atoms with van der Waals surface area (Å²) in [6.07, 6.45) is 0. The number of para-hydroxylation sites is 2. The Morgan fingerprint density at radius 2 is 0.983 bits per heavy atom. The van der Waals surface area contributed by atoms with Gasteiger partial charge in [-0.05, 0) is 109 Å². The van der Waals surface area contributed by atoms with Crippen molar-refractivity contribution < 1.29 is 0 Å². The molecule has 2 aliphatic rings. The Labute approximate surface area is 351 Å². The van der Waals surface area contributed by atoms with Gasteiger partial charge in [0.05, 0.1) is 22.4 Å². The van der Waals surface area contributed by atoms with Crippen LogP contribution in [0.15, 0.2) is 194 Å². The molecule has 0 atom stereocenters. The van der Waals surface area contributed by atoms with E-state index in [1.54, 1.807) is 0 Å². The summed E-state index contributed by atoms with van der Waals surface area (Å²) < 4.78 is 2.44. The van der Waals surface area contributed by atoms with Crippen molar-refractivity contribution in [2.24, 2.45) is 0 Å². The van der Waals surface area contributed by atoms with Crippen LogP contribution in [0.5, 0.6) is 0 Å². The van der Waals surface area contributed by atoms with Crippen LogP contribution < -0.4 is 4.90 Å². The van der Waals surface area contributed by atoms with Gasteiger partial charge in [-0.25, -0.2) is 0 Å². The molecule has 60 heavy (non-hydrogen) atoms. The predicted octanol–water partition coefficient (Wildman–Crippen LogP) is 15.7. The van der Waals surface area contributed by atoms with Crippen LogP contribution in [-0.2, 0) is 10.8 Å². The van der Waals surface area contributed by atoms with E-state index in [4.69, 9.17) is 0 Å². The number of rotatable bonds is 5. The zero-order valence-electron chi connectivity index (χ0n) is 34.4. The molecule has 1 aromatic heterocycles. The van der Waals surface area contributed by atoms with Crippen LogP contribution >= 0.6 is 0 Å². The molecule has 9 aromatic carbocycles. The van der Waals surface area contributed by atoms with Crippen molar-refractivity contribution in [1.82, 2.24) is 4.57 Å². The number of hydrogen-bond donors (Lipinski definition) is 0. The van der Waals surface area contributed by atoms with Crippen LogP contribution in [0.1, 0.15) is 49.9 Å². The molecule has 2 nitrogen and oxygen atoms in total. The van der Waals surface area contributed by atoms with Crippen molar-refractivity contribution in [3.05, 3.63) is 216 Å². The van der Waals surface area contributed by atoms with Gasteiger partial charge < -0.3 is 9.47 Å². The highest BCUT2D eigenvalue weighted by molar-refractivity contribution is 6.10. The van der Waals surface area contributed by atoms with E-state index in [1.165, 1.54) is 99.6 Å². The normalized spacial score (nSPS) is 14.3. The fraction of sp³-hybridized carbons (Fsp3) is 0.103. The molecule has 0 radical (unpaired) electrons. The predicted molar refractivity (Wildman–Crippen MR) is 254 cm³/mol. The van der Waals surface area contributed by atoms with E-state index in [1.807, 2.05) is 0 Å². The van der Waals surface area contributed by atoms with Crippen LogP contribution in [0.25, 0.3) is 71.6 Å². The highest BCUT2D eigenvalue weighted by Gasteiger charge is 2.41. The van der Waals surface area contributed by atoms with Crippen molar-refractivity contribution in [1.29, 1.82) is 0 Å². The third-order valence-electron chi connectivity index (χ3n) is 13.7. The first kappa shape index (κ1) is 34.8. The smallest absolute Gasteiger partial charge is 0.0543 e. The lowest BCUT2D eigenvalue weighted by Crippen LogP contribution is -2.21. The molecule has 0 fully saturated rings. The lowest BCUT2D eigenvalue weighted by atomic mass is 9.81. The number of hydrogen-bond acceptors (Lipinski definition) is 1. The first-order valence-electron chi connectivity index (χ1n) is 21.2. The standard InChI is InChI=1S/C58H44N2/c1-57(2)49-26-13-9-23-45(49)55-50(57)27-17-30-53(55)59(54-31-16-24-44-41-20-8-12-25-48(41)58(3,4)56(44)54)39-33-32-38-34-40(36-46(47(38)35-39)37-18-6-5-7-19-37)60-51-28-14-10-21-42(51)43-22-11-15-29-52(43)60/h5-36H,1-4H3. The minimum atomic E-state index is -0.209. The van der Waals surface area contributed by atoms with E-state index in [2.05, 4.69) is 231 Å². The number of nitrogens with zero attached hydrogens (tertiary/aromatic N) is 2. The van der Waals surface area contributed by atoms with Gasteiger partial charge in [-0.3, -0.25) is 0 Å². The molecule has 0 unspecified atom stereocenters. The van der Waals surface area contributed by atoms with Gasteiger partial charge in [-0.2, -0.15) is 0 Å². The summed E-state index contributed by atoms with van der Waals surface area (Å²) in [5.74, 6) is 0. The zero-order valence-corrected chi connectivity index (χ0v) is 34.4. The maximum absolute atomic E-state index is 2.58. The third-order valence-corrected chi connectivity index (χ3v) is 13.7. The van der Waals surface area contributed by atoms with Gasteiger partial charge in [0.2, 0.25) is 0 Å². The van der Waals surface area contributed by atoms with Crippen LogP contribution in [0.3, 0.4) is 0 Å². The molecular formula is C58H44N2. The highest BCUT2D eigenvalue weighted by Crippen LogP contribution is 2.58. The summed E-state index contributed by atoms with van der Waals surface area (Å²) in [5.41, 5.74) is 19.9. The summed E-state index contributed by atoms with van der Waals surface area (Å²) in [6.45, 7) is 9.56. The fourth-order valence-corrected chi connectivity index (χ4v) is 11.0. The van der Waals surface area contributed by atoms with Crippen LogP contribution in [0.2, 0.25) is 0 Å². The number of fused-ring (bicyclic) bond motifs is 10. The maximum Gasteiger partial charge on any atom is 0.0543 e. The van der Waals surface area contributed by atoms with Crippen molar-refractivity contribution in [3.63, 3.8) is 0 Å². The van der Waals surface area contributed by atoms with Gasteiger partial charge in [-0.15, -0.1) is 0 Å². The molecular weight excluding hydrogens is 725 g/mol. The Morgan fingerprint density at radius 1 is 0.400 bits per heavy atom. The molecule has 0 spiro atoms. The fourth-order valence-electron chi connectivity index (χ4n) is 11.0. The van der Waals surface area contributed by atoms with Crippen LogP contribution in [-0.4, -0.2) is 4.57 Å². The second-order valence-corrected chi connectivity index (χ2v) is 17.7. The lowest BCUT2D eigenvalue weighted by Gasteiger charge is -2.34. The molecule has 0 aliphatic heterocycles. The molecule has 2 aliphatic carbocycles. The maximum atomic E-state index is 2.58. The Bertz CT molecular complexity index is 3330. The van der Waals surface area contributed by atoms with Gasteiger partial charge in [0.25, 0.3) is 0 Å². The van der Waals surface area contributed by atoms with Crippen LogP contribution in [0.4, 0.5) is 17.1 Å². The number of aromatic nitrogens is 1. The average Bonchev–Trinajstić information content (AvgIpc) is 3.84. The van der Waals surface area contributed by atoms with Crippen molar-refractivity contribution in [2.45, 2.75) is 38.5 Å². The van der Waals surface area contributed by atoms with Gasteiger partial charge in [0.1, 0.15) is 0 Å². The minimum absolute atomic E-state index is 0.130. The topological polar surface area (TPSA) is 8.17 Å². The first-order chi connectivity index (χ1) is 29.3. The van der Waals surface area contributed by atoms with E-state index in [0.717, 1.165) is 11.4 Å². The van der Waals surface area contributed by atoms with Gasteiger partial charge in [-0.1, -0.05) is 173 Å². The second-order valence-electron chi connectivity index (χ2n) is 17.7. The van der Waals surface area contributed by atoms with Gasteiger partial charge in [0, 0.05) is 38.5 Å². The zero-order chi connectivity index (χ0) is 40.3. The summed E-state index contributed by atoms with van der Waals surface area (Å²) in [5, 5.41) is 4.95. The molecule has 0 saturated carbocycles. The molecule has 0 bridgehead atoms. The average molecular weight is 769 g/mol. The number of anilines is 3. The quantitative estimate of drug-likeness (QED) is 0.169. The van der Waals surface area contributed by atoms with E-state index >= 15 is 0 Å². The van der Waals surface area contributed by atoms with Gasteiger partial charge >= 0.3 is 0 Å². The molecule has 12 rings (SSSR count). The van der Waals surface area contributed by atoms with E-state index in [-0.39, 0.29) is 10.8 Å². The van der Waals surface area contributed by atoms with E-state index < -0.39 is 0 Å². The molecule has 1 heterocycles. The van der Waals surface area contributed by atoms with Crippen LogP contribution in [0, 0.1) is 0 Å². The number of benzene rings is 9. The Hall–Kier alpha value is -7.16. The summed E-state index contributed by atoms with van der Waals surface area (Å²) in [7, 11) is 0. The third kappa shape index (κ3) is 4.82. The first-order valence-corrected chi connectivity index (χ1v) is 21.2. The minimum Gasteiger partial charge on any atom is -0.310 e. The van der Waals surface area contributed by atoms with Crippen molar-refractivity contribution >= 4 is 49.6 Å². The van der Waals surface area contributed by atoms with Crippen molar-refractivity contribution in [3.8, 4) is 39.1 Å². The molecule has 10 aromatic rings. The van der Waals surface area contributed by atoms with Crippen molar-refractivity contribution in [2.75, 3.05) is 4.90 Å².